The Morgan fingerprint density at radius 2 is 2.15 bits per heavy atom. The van der Waals surface area contributed by atoms with E-state index in [1.54, 1.807) is 11.3 Å². The fourth-order valence-electron chi connectivity index (χ4n) is 2.46. The molecule has 0 saturated heterocycles. The molecule has 0 spiro atoms. The number of nitrogens with zero attached hydrogens (tertiary/aromatic N) is 2. The van der Waals surface area contributed by atoms with Crippen molar-refractivity contribution in [2.75, 3.05) is 0 Å². The summed E-state index contributed by atoms with van der Waals surface area (Å²) in [5, 5.41) is 7.98. The summed E-state index contributed by atoms with van der Waals surface area (Å²) in [5.41, 5.74) is 8.61. The molecule has 2 aromatic heterocycles. The molecule has 2 heterocycles. The van der Waals surface area contributed by atoms with Crippen molar-refractivity contribution in [3.05, 3.63) is 50.8 Å². The van der Waals surface area contributed by atoms with E-state index in [0.29, 0.717) is 0 Å². The van der Waals surface area contributed by atoms with Crippen molar-refractivity contribution >= 4 is 38.2 Å². The van der Waals surface area contributed by atoms with Crippen LogP contribution in [0.2, 0.25) is 0 Å². The van der Waals surface area contributed by atoms with E-state index in [-0.39, 0.29) is 6.04 Å². The molecule has 20 heavy (non-hydrogen) atoms. The second kappa shape index (κ2) is 5.68. The third-order valence-electron chi connectivity index (χ3n) is 3.43. The van der Waals surface area contributed by atoms with Gasteiger partial charge in [0, 0.05) is 33.7 Å². The number of thiophene rings is 1. The number of aryl methyl sites for hydroxylation is 1. The molecule has 0 aliphatic heterocycles. The first-order valence-electron chi connectivity index (χ1n) is 6.63. The second-order valence-electron chi connectivity index (χ2n) is 4.72. The van der Waals surface area contributed by atoms with Crippen LogP contribution in [-0.4, -0.2) is 9.78 Å². The molecule has 0 aliphatic carbocycles. The molecule has 3 rings (SSSR count). The van der Waals surface area contributed by atoms with Gasteiger partial charge in [0.25, 0.3) is 0 Å². The van der Waals surface area contributed by atoms with Crippen molar-refractivity contribution in [2.45, 2.75) is 25.9 Å². The Labute approximate surface area is 130 Å². The van der Waals surface area contributed by atoms with Gasteiger partial charge in [-0.1, -0.05) is 18.2 Å². The molecule has 0 aliphatic rings. The number of hydrogen-bond acceptors (Lipinski definition) is 3. The van der Waals surface area contributed by atoms with Crippen molar-refractivity contribution in [1.82, 2.24) is 9.78 Å². The summed E-state index contributed by atoms with van der Waals surface area (Å²) in [4.78, 5) is 1.18. The van der Waals surface area contributed by atoms with E-state index >= 15 is 0 Å². The summed E-state index contributed by atoms with van der Waals surface area (Å²) in [6.45, 7) is 2.98. The summed E-state index contributed by atoms with van der Waals surface area (Å²) < 4.78 is 3.13. The molecule has 1 unspecified atom stereocenters. The highest BCUT2D eigenvalue weighted by Crippen LogP contribution is 2.31. The molecule has 1 atom stereocenters. The van der Waals surface area contributed by atoms with Gasteiger partial charge >= 0.3 is 0 Å². The second-order valence-corrected chi connectivity index (χ2v) is 6.53. The quantitative estimate of drug-likeness (QED) is 0.769. The van der Waals surface area contributed by atoms with Gasteiger partial charge in [-0.25, -0.2) is 0 Å². The first kappa shape index (κ1) is 13.8. The molecular formula is C15H16BrN3S. The van der Waals surface area contributed by atoms with Crippen LogP contribution in [0.1, 0.15) is 23.5 Å². The maximum Gasteiger partial charge on any atom is 0.0722 e. The highest BCUT2D eigenvalue weighted by Gasteiger charge is 2.16. The molecule has 1 aromatic carbocycles. The van der Waals surface area contributed by atoms with Gasteiger partial charge in [-0.05, 0) is 40.4 Å². The molecule has 0 amide bonds. The van der Waals surface area contributed by atoms with Crippen LogP contribution < -0.4 is 5.73 Å². The molecule has 0 bridgehead atoms. The lowest BCUT2D eigenvalue weighted by atomic mass is 10.1. The Morgan fingerprint density at radius 1 is 1.35 bits per heavy atom. The summed E-state index contributed by atoms with van der Waals surface area (Å²) in [7, 11) is 0. The van der Waals surface area contributed by atoms with Gasteiger partial charge in [-0.3, -0.25) is 4.68 Å². The van der Waals surface area contributed by atoms with Crippen LogP contribution in [0.25, 0.3) is 10.9 Å². The minimum absolute atomic E-state index is 0.0204. The SMILES string of the molecule is CCn1nc(CC(N)c2sccc2Br)c2ccccc21. The van der Waals surface area contributed by atoms with E-state index in [1.807, 2.05) is 10.7 Å². The Hall–Kier alpha value is -1.17. The van der Waals surface area contributed by atoms with E-state index in [0.717, 1.165) is 23.1 Å². The topological polar surface area (TPSA) is 43.8 Å². The first-order valence-corrected chi connectivity index (χ1v) is 8.31. The summed E-state index contributed by atoms with van der Waals surface area (Å²) >= 11 is 5.24. The van der Waals surface area contributed by atoms with Crippen LogP contribution in [-0.2, 0) is 13.0 Å². The number of para-hydroxylation sites is 1. The van der Waals surface area contributed by atoms with E-state index < -0.39 is 0 Å². The van der Waals surface area contributed by atoms with Crippen molar-refractivity contribution in [3.8, 4) is 0 Å². The average molecular weight is 350 g/mol. The number of rotatable bonds is 4. The molecule has 5 heteroatoms. The van der Waals surface area contributed by atoms with Crippen LogP contribution in [0, 0.1) is 0 Å². The van der Waals surface area contributed by atoms with E-state index in [9.17, 15) is 0 Å². The molecule has 3 aromatic rings. The van der Waals surface area contributed by atoms with Crippen LogP contribution in [0.15, 0.2) is 40.2 Å². The average Bonchev–Trinajstić information content (AvgIpc) is 3.03. The number of nitrogens with two attached hydrogens (primary N) is 1. The first-order chi connectivity index (χ1) is 9.70. The molecule has 0 fully saturated rings. The van der Waals surface area contributed by atoms with Gasteiger partial charge in [0.15, 0.2) is 0 Å². The van der Waals surface area contributed by atoms with Crippen LogP contribution >= 0.6 is 27.3 Å². The van der Waals surface area contributed by atoms with Crippen molar-refractivity contribution in [1.29, 1.82) is 0 Å². The van der Waals surface area contributed by atoms with Gasteiger partial charge in [-0.15, -0.1) is 11.3 Å². The zero-order valence-electron chi connectivity index (χ0n) is 11.2. The fourth-order valence-corrected chi connectivity index (χ4v) is 4.13. The highest BCUT2D eigenvalue weighted by molar-refractivity contribution is 9.10. The van der Waals surface area contributed by atoms with E-state index in [4.69, 9.17) is 10.8 Å². The number of halogens is 1. The Morgan fingerprint density at radius 3 is 2.85 bits per heavy atom. The molecule has 3 nitrogen and oxygen atoms in total. The molecule has 2 N–H and O–H groups in total. The predicted octanol–water partition coefficient (Wildman–Crippen LogP) is 4.12. The van der Waals surface area contributed by atoms with E-state index in [1.165, 1.54) is 15.8 Å². The molecule has 104 valence electrons. The summed E-state index contributed by atoms with van der Waals surface area (Å²) in [5.74, 6) is 0. The Kier molecular flexibility index (Phi) is 3.92. The monoisotopic (exact) mass is 349 g/mol. The number of fused-ring (bicyclic) bond motifs is 1. The van der Waals surface area contributed by atoms with Gasteiger partial charge in [0.05, 0.1) is 11.2 Å². The van der Waals surface area contributed by atoms with Gasteiger partial charge in [0.2, 0.25) is 0 Å². The number of aromatic nitrogens is 2. The summed E-state index contributed by atoms with van der Waals surface area (Å²) in [6.07, 6.45) is 0.757. The third-order valence-corrected chi connectivity index (χ3v) is 5.43. The molecule has 0 radical (unpaired) electrons. The van der Waals surface area contributed by atoms with E-state index in [2.05, 4.69) is 52.5 Å². The maximum absolute atomic E-state index is 6.35. The molecular weight excluding hydrogens is 334 g/mol. The Balaban J connectivity index is 1.97. The Bertz CT molecular complexity index is 732. The minimum Gasteiger partial charge on any atom is -0.323 e. The van der Waals surface area contributed by atoms with Gasteiger partial charge in [-0.2, -0.15) is 5.10 Å². The largest absolute Gasteiger partial charge is 0.323 e. The number of benzene rings is 1. The number of hydrogen-bond donors (Lipinski definition) is 1. The van der Waals surface area contributed by atoms with Crippen molar-refractivity contribution in [2.24, 2.45) is 5.73 Å². The minimum atomic E-state index is -0.0204. The lowest BCUT2D eigenvalue weighted by Gasteiger charge is -2.08. The van der Waals surface area contributed by atoms with Gasteiger partial charge in [0.1, 0.15) is 0 Å². The van der Waals surface area contributed by atoms with Gasteiger partial charge < -0.3 is 5.73 Å². The lowest BCUT2D eigenvalue weighted by molar-refractivity contribution is 0.644. The van der Waals surface area contributed by atoms with Crippen LogP contribution in [0.3, 0.4) is 0 Å². The smallest absolute Gasteiger partial charge is 0.0722 e. The molecule has 0 saturated carbocycles. The standard InChI is InChI=1S/C15H16BrN3S/c1-2-19-14-6-4-3-5-10(14)13(18-19)9-12(17)15-11(16)7-8-20-15/h3-8,12H,2,9,17H2,1H3. The zero-order chi connectivity index (χ0) is 14.1. The fraction of sp³-hybridized carbons (Fsp3) is 0.267. The summed E-state index contributed by atoms with van der Waals surface area (Å²) in [6, 6.07) is 10.4. The normalized spacial score (nSPS) is 12.9. The highest BCUT2D eigenvalue weighted by atomic mass is 79.9. The zero-order valence-corrected chi connectivity index (χ0v) is 13.6. The maximum atomic E-state index is 6.35. The third kappa shape index (κ3) is 2.41. The van der Waals surface area contributed by atoms with Crippen molar-refractivity contribution in [3.63, 3.8) is 0 Å². The lowest BCUT2D eigenvalue weighted by Crippen LogP contribution is -2.13. The van der Waals surface area contributed by atoms with Crippen molar-refractivity contribution < 1.29 is 0 Å². The predicted molar refractivity (Wildman–Crippen MR) is 88.1 cm³/mol. The van der Waals surface area contributed by atoms with Crippen LogP contribution in [0.5, 0.6) is 0 Å². The van der Waals surface area contributed by atoms with Crippen LogP contribution in [0.4, 0.5) is 0 Å².